The highest BCUT2D eigenvalue weighted by molar-refractivity contribution is 5.87. The molecule has 3 atom stereocenters. The Balaban J connectivity index is 1.54. The first kappa shape index (κ1) is 11.8. The molecule has 1 saturated carbocycles. The SMILES string of the molecule is CC1CN=C(N[C@@H]2C[C@H]2c2cccc3ccccc23)N1. The molecule has 4 rings (SSSR count). The van der Waals surface area contributed by atoms with Crippen molar-refractivity contribution in [3.63, 3.8) is 0 Å². The van der Waals surface area contributed by atoms with Crippen LogP contribution >= 0.6 is 0 Å². The van der Waals surface area contributed by atoms with E-state index >= 15 is 0 Å². The summed E-state index contributed by atoms with van der Waals surface area (Å²) in [7, 11) is 0. The Morgan fingerprint density at radius 3 is 2.85 bits per heavy atom. The lowest BCUT2D eigenvalue weighted by molar-refractivity contribution is 0.711. The molecule has 3 nitrogen and oxygen atoms in total. The number of hydrogen-bond donors (Lipinski definition) is 2. The van der Waals surface area contributed by atoms with Crippen molar-refractivity contribution < 1.29 is 0 Å². The number of hydrogen-bond acceptors (Lipinski definition) is 3. The lowest BCUT2D eigenvalue weighted by Gasteiger charge is -2.09. The third-order valence-electron chi connectivity index (χ3n) is 4.24. The van der Waals surface area contributed by atoms with Gasteiger partial charge in [-0.1, -0.05) is 42.5 Å². The molecule has 0 bridgehead atoms. The van der Waals surface area contributed by atoms with Gasteiger partial charge in [-0.2, -0.15) is 0 Å². The van der Waals surface area contributed by atoms with Crippen molar-refractivity contribution in [2.45, 2.75) is 31.3 Å². The Labute approximate surface area is 119 Å². The number of rotatable bonds is 2. The monoisotopic (exact) mass is 265 g/mol. The van der Waals surface area contributed by atoms with Gasteiger partial charge in [0, 0.05) is 18.0 Å². The molecule has 1 heterocycles. The van der Waals surface area contributed by atoms with Gasteiger partial charge in [-0.15, -0.1) is 0 Å². The zero-order chi connectivity index (χ0) is 13.5. The van der Waals surface area contributed by atoms with Crippen molar-refractivity contribution in [1.82, 2.24) is 10.6 Å². The molecule has 0 spiro atoms. The molecule has 2 aromatic rings. The van der Waals surface area contributed by atoms with Crippen molar-refractivity contribution >= 4 is 16.7 Å². The molecular formula is C17H19N3. The third kappa shape index (κ3) is 2.03. The summed E-state index contributed by atoms with van der Waals surface area (Å²) in [6.07, 6.45) is 1.20. The van der Waals surface area contributed by atoms with Gasteiger partial charge in [0.05, 0.1) is 6.54 Å². The fourth-order valence-corrected chi connectivity index (χ4v) is 3.09. The van der Waals surface area contributed by atoms with E-state index in [1.807, 2.05) is 0 Å². The van der Waals surface area contributed by atoms with Crippen LogP contribution in [0.4, 0.5) is 0 Å². The molecule has 0 saturated heterocycles. The van der Waals surface area contributed by atoms with Crippen LogP contribution in [0, 0.1) is 0 Å². The fourth-order valence-electron chi connectivity index (χ4n) is 3.09. The zero-order valence-electron chi connectivity index (χ0n) is 11.6. The number of nitrogens with one attached hydrogen (secondary N) is 2. The summed E-state index contributed by atoms with van der Waals surface area (Å²) in [5.74, 6) is 1.59. The van der Waals surface area contributed by atoms with E-state index in [1.54, 1.807) is 0 Å². The number of guanidine groups is 1. The Bertz CT molecular complexity index is 671. The minimum absolute atomic E-state index is 0.465. The van der Waals surface area contributed by atoms with Crippen LogP contribution in [0.15, 0.2) is 47.5 Å². The van der Waals surface area contributed by atoms with Gasteiger partial charge in [0.2, 0.25) is 0 Å². The van der Waals surface area contributed by atoms with Crippen molar-refractivity contribution in [3.05, 3.63) is 48.0 Å². The summed E-state index contributed by atoms with van der Waals surface area (Å²) in [6, 6.07) is 16.3. The van der Waals surface area contributed by atoms with Gasteiger partial charge in [-0.25, -0.2) is 0 Å². The van der Waals surface area contributed by atoms with Gasteiger partial charge in [-0.05, 0) is 29.7 Å². The Morgan fingerprint density at radius 2 is 2.00 bits per heavy atom. The largest absolute Gasteiger partial charge is 0.353 e. The van der Waals surface area contributed by atoms with E-state index in [0.29, 0.717) is 18.0 Å². The zero-order valence-corrected chi connectivity index (χ0v) is 11.6. The smallest absolute Gasteiger partial charge is 0.191 e. The van der Waals surface area contributed by atoms with Crippen molar-refractivity contribution in [2.75, 3.05) is 6.54 Å². The van der Waals surface area contributed by atoms with Crippen LogP contribution in [0.5, 0.6) is 0 Å². The van der Waals surface area contributed by atoms with Gasteiger partial charge in [0.15, 0.2) is 5.96 Å². The van der Waals surface area contributed by atoms with Gasteiger partial charge in [-0.3, -0.25) is 4.99 Å². The van der Waals surface area contributed by atoms with Crippen LogP contribution in [0.25, 0.3) is 10.8 Å². The molecule has 0 radical (unpaired) electrons. The predicted octanol–water partition coefficient (Wildman–Crippen LogP) is 2.63. The normalized spacial score (nSPS) is 28.1. The molecule has 0 aromatic heterocycles. The molecule has 20 heavy (non-hydrogen) atoms. The second-order valence-corrected chi connectivity index (χ2v) is 5.90. The van der Waals surface area contributed by atoms with Crippen molar-refractivity contribution in [2.24, 2.45) is 4.99 Å². The standard InChI is InChI=1S/C17H19N3/c1-11-10-18-17(19-11)20-16-9-15(16)14-8-4-6-12-5-2-3-7-13(12)14/h2-8,11,15-16H,9-10H2,1H3,(H2,18,19,20)/t11?,15-,16+/m0/s1. The minimum atomic E-state index is 0.465. The van der Waals surface area contributed by atoms with Crippen LogP contribution in [-0.2, 0) is 0 Å². The van der Waals surface area contributed by atoms with Crippen LogP contribution in [0.2, 0.25) is 0 Å². The minimum Gasteiger partial charge on any atom is -0.353 e. The highest BCUT2D eigenvalue weighted by atomic mass is 15.3. The van der Waals surface area contributed by atoms with Crippen LogP contribution < -0.4 is 10.6 Å². The lowest BCUT2D eigenvalue weighted by atomic mass is 10.0. The number of fused-ring (bicyclic) bond motifs is 1. The number of nitrogens with zero attached hydrogens (tertiary/aromatic N) is 1. The summed E-state index contributed by atoms with van der Waals surface area (Å²) in [4.78, 5) is 4.48. The summed E-state index contributed by atoms with van der Waals surface area (Å²) in [5, 5.41) is 9.63. The van der Waals surface area contributed by atoms with Crippen molar-refractivity contribution in [3.8, 4) is 0 Å². The molecule has 2 N–H and O–H groups in total. The van der Waals surface area contributed by atoms with Gasteiger partial charge in [0.1, 0.15) is 0 Å². The first-order valence-electron chi connectivity index (χ1n) is 7.36. The average molecular weight is 265 g/mol. The first-order chi connectivity index (χ1) is 9.81. The molecule has 1 aliphatic carbocycles. The Kier molecular flexibility index (Phi) is 2.66. The highest BCUT2D eigenvalue weighted by Gasteiger charge is 2.40. The van der Waals surface area contributed by atoms with Crippen LogP contribution in [0.3, 0.4) is 0 Å². The number of aliphatic imine (C=N–C) groups is 1. The number of benzene rings is 2. The topological polar surface area (TPSA) is 36.4 Å². The summed E-state index contributed by atoms with van der Waals surface area (Å²) >= 11 is 0. The Morgan fingerprint density at radius 1 is 1.15 bits per heavy atom. The second-order valence-electron chi connectivity index (χ2n) is 5.90. The molecule has 0 amide bonds. The molecule has 1 aliphatic heterocycles. The second kappa shape index (κ2) is 4.51. The molecule has 3 heteroatoms. The summed E-state index contributed by atoms with van der Waals surface area (Å²) in [6.45, 7) is 3.04. The van der Waals surface area contributed by atoms with Crippen LogP contribution in [-0.4, -0.2) is 24.6 Å². The summed E-state index contributed by atoms with van der Waals surface area (Å²) < 4.78 is 0. The third-order valence-corrected chi connectivity index (χ3v) is 4.24. The first-order valence-corrected chi connectivity index (χ1v) is 7.36. The van der Waals surface area contributed by atoms with Gasteiger partial charge in [0.25, 0.3) is 0 Å². The molecule has 2 aliphatic rings. The maximum Gasteiger partial charge on any atom is 0.191 e. The van der Waals surface area contributed by atoms with E-state index in [-0.39, 0.29) is 0 Å². The predicted molar refractivity (Wildman–Crippen MR) is 83.1 cm³/mol. The van der Waals surface area contributed by atoms with E-state index < -0.39 is 0 Å². The lowest BCUT2D eigenvalue weighted by Crippen LogP contribution is -2.39. The molecule has 102 valence electrons. The Hall–Kier alpha value is -2.03. The molecule has 1 fully saturated rings. The molecular weight excluding hydrogens is 246 g/mol. The van der Waals surface area contributed by atoms with Gasteiger partial charge >= 0.3 is 0 Å². The van der Waals surface area contributed by atoms with E-state index in [9.17, 15) is 0 Å². The molecule has 2 aromatic carbocycles. The van der Waals surface area contributed by atoms with Crippen LogP contribution in [0.1, 0.15) is 24.8 Å². The summed E-state index contributed by atoms with van der Waals surface area (Å²) in [5.41, 5.74) is 1.47. The van der Waals surface area contributed by atoms with E-state index in [4.69, 9.17) is 0 Å². The van der Waals surface area contributed by atoms with E-state index in [0.717, 1.165) is 12.5 Å². The molecule has 1 unspecified atom stereocenters. The maximum absolute atomic E-state index is 4.48. The van der Waals surface area contributed by atoms with E-state index in [1.165, 1.54) is 22.8 Å². The van der Waals surface area contributed by atoms with E-state index in [2.05, 4.69) is 65.0 Å². The highest BCUT2D eigenvalue weighted by Crippen LogP contribution is 2.43. The average Bonchev–Trinajstić information content (AvgIpc) is 3.11. The van der Waals surface area contributed by atoms with Crippen molar-refractivity contribution in [1.29, 1.82) is 0 Å². The fraction of sp³-hybridized carbons (Fsp3) is 0.353. The van der Waals surface area contributed by atoms with Gasteiger partial charge < -0.3 is 10.6 Å². The quantitative estimate of drug-likeness (QED) is 0.875. The maximum atomic E-state index is 4.48.